The molecule has 0 aromatic heterocycles. The van der Waals surface area contributed by atoms with E-state index in [4.69, 9.17) is 15.9 Å². The molecule has 0 bridgehead atoms. The van der Waals surface area contributed by atoms with Gasteiger partial charge in [0.2, 0.25) is 0 Å². The van der Waals surface area contributed by atoms with E-state index in [1.165, 1.54) is 0 Å². The fourth-order valence-electron chi connectivity index (χ4n) is 0.254. The van der Waals surface area contributed by atoms with Gasteiger partial charge in [-0.15, -0.1) is 0 Å². The zero-order valence-electron chi connectivity index (χ0n) is 4.55. The summed E-state index contributed by atoms with van der Waals surface area (Å²) in [4.78, 5) is 0. The van der Waals surface area contributed by atoms with Gasteiger partial charge >= 0.3 is 0 Å². The Labute approximate surface area is 46.6 Å². The van der Waals surface area contributed by atoms with E-state index in [-0.39, 0.29) is 6.17 Å². The van der Waals surface area contributed by atoms with Crippen LogP contribution in [0.15, 0.2) is 0 Å². The molecule has 0 aliphatic heterocycles. The quantitative estimate of drug-likeness (QED) is 0.332. The molecule has 44 valence electrons. The van der Waals surface area contributed by atoms with Crippen LogP contribution in [0.5, 0.6) is 0 Å². The van der Waals surface area contributed by atoms with Crippen LogP contribution in [-0.2, 0) is 4.43 Å². The van der Waals surface area contributed by atoms with Gasteiger partial charge in [-0.05, 0) is 6.42 Å². The molecule has 0 radical (unpaired) electrons. The second-order valence-corrected chi connectivity index (χ2v) is 2.02. The van der Waals surface area contributed by atoms with Gasteiger partial charge < -0.3 is 15.9 Å². The first-order valence-electron chi connectivity index (χ1n) is 2.27. The molecule has 0 unspecified atom stereocenters. The summed E-state index contributed by atoms with van der Waals surface area (Å²) in [5, 5.41) is 0. The van der Waals surface area contributed by atoms with E-state index < -0.39 is 0 Å². The normalized spacial score (nSPS) is 10.7. The molecule has 0 spiro atoms. The molecule has 7 heavy (non-hydrogen) atoms. The number of nitrogens with two attached hydrogens (primary N) is 2. The van der Waals surface area contributed by atoms with Crippen molar-refractivity contribution in [2.75, 3.05) is 6.61 Å². The van der Waals surface area contributed by atoms with E-state index in [2.05, 4.69) is 0 Å². The summed E-state index contributed by atoms with van der Waals surface area (Å²) in [5.74, 6) is 0. The monoisotopic (exact) mass is 120 g/mol. The molecule has 0 fully saturated rings. The van der Waals surface area contributed by atoms with Crippen LogP contribution in [0.25, 0.3) is 0 Å². The summed E-state index contributed by atoms with van der Waals surface area (Å²) in [6.07, 6.45) is 0.567. The lowest BCUT2D eigenvalue weighted by atomic mass is 10.4. The maximum atomic E-state index is 5.19. The Morgan fingerprint density at radius 1 is 1.57 bits per heavy atom. The van der Waals surface area contributed by atoms with E-state index in [1.54, 1.807) is 0 Å². The van der Waals surface area contributed by atoms with Gasteiger partial charge in [-0.25, -0.2) is 0 Å². The average Bonchev–Trinajstić information content (AvgIpc) is 1.61. The van der Waals surface area contributed by atoms with Crippen molar-refractivity contribution in [3.8, 4) is 0 Å². The predicted molar refractivity (Wildman–Crippen MR) is 32.7 cm³/mol. The summed E-state index contributed by atoms with van der Waals surface area (Å²) in [6, 6.07) is 0. The smallest absolute Gasteiger partial charge is 0.145 e. The minimum atomic E-state index is -0.200. The molecule has 3 nitrogen and oxygen atoms in total. The third kappa shape index (κ3) is 6.10. The molecule has 0 saturated heterocycles. The summed E-state index contributed by atoms with van der Waals surface area (Å²) in [6.45, 7) is 0.712. The Bertz CT molecular complexity index is 41.9. The molecule has 0 heterocycles. The van der Waals surface area contributed by atoms with E-state index in [0.717, 1.165) is 16.9 Å². The molecule has 0 saturated carbocycles. The van der Waals surface area contributed by atoms with Crippen LogP contribution in [0.3, 0.4) is 0 Å². The largest absolute Gasteiger partial charge is 0.428 e. The minimum absolute atomic E-state index is 0.200. The Morgan fingerprint density at radius 3 is 2.29 bits per heavy atom. The van der Waals surface area contributed by atoms with Crippen molar-refractivity contribution in [3.63, 3.8) is 0 Å². The topological polar surface area (TPSA) is 61.3 Å². The van der Waals surface area contributed by atoms with Gasteiger partial charge in [-0.1, -0.05) is 0 Å². The molecule has 0 aliphatic carbocycles. The molecule has 0 atom stereocenters. The van der Waals surface area contributed by atoms with E-state index in [1.807, 2.05) is 0 Å². The molecule has 0 rings (SSSR count). The van der Waals surface area contributed by atoms with Crippen LogP contribution >= 0.6 is 0 Å². The zero-order chi connectivity index (χ0) is 5.70. The number of hydrogen-bond acceptors (Lipinski definition) is 3. The van der Waals surface area contributed by atoms with Gasteiger partial charge in [0.05, 0.1) is 6.17 Å². The van der Waals surface area contributed by atoms with Crippen molar-refractivity contribution in [1.82, 2.24) is 0 Å². The summed E-state index contributed by atoms with van der Waals surface area (Å²) >= 11 is 0. The Kier molecular flexibility index (Phi) is 4.32. The second kappa shape index (κ2) is 4.26. The third-order valence-corrected chi connectivity index (χ3v) is 1.06. The lowest BCUT2D eigenvalue weighted by molar-refractivity contribution is 0.326. The van der Waals surface area contributed by atoms with Crippen LogP contribution in [0.2, 0.25) is 0 Å². The van der Waals surface area contributed by atoms with Crippen LogP contribution in [0.1, 0.15) is 6.42 Å². The van der Waals surface area contributed by atoms with Crippen LogP contribution < -0.4 is 11.5 Å². The maximum Gasteiger partial charge on any atom is 0.145 e. The van der Waals surface area contributed by atoms with Crippen LogP contribution in [-0.4, -0.2) is 23.3 Å². The SMILES string of the molecule is NC(N)CCO[SiH3]. The zero-order valence-corrected chi connectivity index (χ0v) is 6.55. The van der Waals surface area contributed by atoms with Gasteiger partial charge in [-0.3, -0.25) is 0 Å². The van der Waals surface area contributed by atoms with Gasteiger partial charge in [0.15, 0.2) is 0 Å². The highest BCUT2D eigenvalue weighted by Gasteiger charge is 1.88. The Balaban J connectivity index is 2.68. The van der Waals surface area contributed by atoms with Crippen molar-refractivity contribution in [3.05, 3.63) is 0 Å². The summed E-state index contributed by atoms with van der Waals surface area (Å²) in [5.41, 5.74) is 10.4. The number of hydrogen-bond donors (Lipinski definition) is 2. The number of rotatable bonds is 3. The highest BCUT2D eigenvalue weighted by atomic mass is 28.2. The predicted octanol–water partition coefficient (Wildman–Crippen LogP) is -2.08. The molecule has 0 aromatic carbocycles. The summed E-state index contributed by atoms with van der Waals surface area (Å²) < 4.78 is 4.83. The van der Waals surface area contributed by atoms with Gasteiger partial charge in [0.1, 0.15) is 10.5 Å². The molecule has 4 N–H and O–H groups in total. The molecule has 0 aliphatic rings. The van der Waals surface area contributed by atoms with Crippen molar-refractivity contribution >= 4 is 10.5 Å². The summed E-state index contributed by atoms with van der Waals surface area (Å²) in [7, 11) is 0.783. The fraction of sp³-hybridized carbons (Fsp3) is 1.00. The first-order valence-corrected chi connectivity index (χ1v) is 3.09. The molecule has 0 amide bonds. The minimum Gasteiger partial charge on any atom is -0.428 e. The highest BCUT2D eigenvalue weighted by molar-refractivity contribution is 5.97. The van der Waals surface area contributed by atoms with Gasteiger partial charge in [0, 0.05) is 6.61 Å². The average molecular weight is 120 g/mol. The van der Waals surface area contributed by atoms with E-state index >= 15 is 0 Å². The lowest BCUT2D eigenvalue weighted by Gasteiger charge is -2.01. The Morgan fingerprint density at radius 2 is 2.14 bits per heavy atom. The van der Waals surface area contributed by atoms with Crippen molar-refractivity contribution in [2.24, 2.45) is 11.5 Å². The lowest BCUT2D eigenvalue weighted by Crippen LogP contribution is -2.31. The van der Waals surface area contributed by atoms with E-state index in [0.29, 0.717) is 6.61 Å². The standard InChI is InChI=1S/C3H12N2OSi/c4-3(5)1-2-6-7/h3H,1-2,4-5H2,7H3. The molecule has 4 heteroatoms. The van der Waals surface area contributed by atoms with Crippen LogP contribution in [0.4, 0.5) is 0 Å². The van der Waals surface area contributed by atoms with Crippen molar-refractivity contribution in [1.29, 1.82) is 0 Å². The molecule has 0 aromatic rings. The van der Waals surface area contributed by atoms with Crippen LogP contribution in [0, 0.1) is 0 Å². The third-order valence-electron chi connectivity index (χ3n) is 0.655. The maximum absolute atomic E-state index is 5.19. The van der Waals surface area contributed by atoms with Gasteiger partial charge in [0.25, 0.3) is 0 Å². The molecular formula is C3H12N2OSi. The second-order valence-electron chi connectivity index (χ2n) is 1.45. The first-order chi connectivity index (χ1) is 3.27. The first kappa shape index (κ1) is 7.10. The highest BCUT2D eigenvalue weighted by Crippen LogP contribution is 1.76. The Hall–Kier alpha value is 0.0969. The molecular weight excluding hydrogens is 108 g/mol. The van der Waals surface area contributed by atoms with Gasteiger partial charge in [-0.2, -0.15) is 0 Å². The van der Waals surface area contributed by atoms with E-state index in [9.17, 15) is 0 Å². The van der Waals surface area contributed by atoms with Crippen molar-refractivity contribution < 1.29 is 4.43 Å². The fourth-order valence-corrected chi connectivity index (χ4v) is 0.490. The van der Waals surface area contributed by atoms with Crippen molar-refractivity contribution in [2.45, 2.75) is 12.6 Å².